The standard InChI is InChI=1S/C26H32FN3O3S2/c1-18-5-3-11-29(15-18)35(31,32)23-9-10-25-24(14-23)28-26(30(25)16-22-6-4-12-33-22)34-17-20-7-8-21(27)13-19(20)2/h7-10,13-14,18,22H,3-6,11-12,15-17H2,1-2H3/t18-,22+/m0/s1. The third-order valence-corrected chi connectivity index (χ3v) is 9.90. The molecule has 6 nitrogen and oxygen atoms in total. The van der Waals surface area contributed by atoms with E-state index in [9.17, 15) is 12.8 Å². The molecular weight excluding hydrogens is 485 g/mol. The van der Waals surface area contributed by atoms with Crippen LogP contribution in [0.25, 0.3) is 11.0 Å². The lowest BCUT2D eigenvalue weighted by Crippen LogP contribution is -2.39. The molecule has 3 aromatic rings. The number of ether oxygens (including phenoxy) is 1. The molecule has 0 saturated carbocycles. The molecule has 9 heteroatoms. The van der Waals surface area contributed by atoms with Crippen LogP contribution in [0.15, 0.2) is 46.5 Å². The van der Waals surface area contributed by atoms with Crippen molar-refractivity contribution in [3.63, 3.8) is 0 Å². The Morgan fingerprint density at radius 3 is 2.77 bits per heavy atom. The van der Waals surface area contributed by atoms with Gasteiger partial charge in [-0.1, -0.05) is 24.8 Å². The first-order valence-corrected chi connectivity index (χ1v) is 14.7. The molecule has 0 amide bonds. The number of nitrogens with zero attached hydrogens (tertiary/aromatic N) is 3. The average molecular weight is 518 g/mol. The van der Waals surface area contributed by atoms with E-state index in [0.717, 1.165) is 54.1 Å². The SMILES string of the molecule is Cc1cc(F)ccc1CSc1nc2cc(S(=O)(=O)N3CCC[C@H](C)C3)ccc2n1C[C@H]1CCCO1. The van der Waals surface area contributed by atoms with Crippen molar-refractivity contribution in [2.75, 3.05) is 19.7 Å². The first kappa shape index (κ1) is 24.7. The molecule has 188 valence electrons. The molecule has 0 aliphatic carbocycles. The molecule has 0 N–H and O–H groups in total. The summed E-state index contributed by atoms with van der Waals surface area (Å²) in [5, 5.41) is 0.820. The summed E-state index contributed by atoms with van der Waals surface area (Å²) in [6.45, 7) is 6.58. The van der Waals surface area contributed by atoms with Crippen molar-refractivity contribution in [2.45, 2.75) is 68.0 Å². The number of rotatable bonds is 7. The van der Waals surface area contributed by atoms with Crippen LogP contribution >= 0.6 is 11.8 Å². The number of fused-ring (bicyclic) bond motifs is 1. The Morgan fingerprint density at radius 1 is 1.17 bits per heavy atom. The van der Waals surface area contributed by atoms with Crippen LogP contribution in [-0.4, -0.2) is 48.1 Å². The number of hydrogen-bond donors (Lipinski definition) is 0. The van der Waals surface area contributed by atoms with E-state index < -0.39 is 10.0 Å². The molecule has 35 heavy (non-hydrogen) atoms. The summed E-state index contributed by atoms with van der Waals surface area (Å²) in [7, 11) is -3.56. The molecular formula is C26H32FN3O3S2. The zero-order chi connectivity index (χ0) is 24.6. The Bertz CT molecular complexity index is 1320. The number of halogens is 1. The van der Waals surface area contributed by atoms with Gasteiger partial charge in [0, 0.05) is 25.4 Å². The minimum atomic E-state index is -3.56. The van der Waals surface area contributed by atoms with Crippen molar-refractivity contribution in [1.29, 1.82) is 0 Å². The predicted molar refractivity (Wildman–Crippen MR) is 137 cm³/mol. The third kappa shape index (κ3) is 5.28. The molecule has 1 aromatic heterocycles. The summed E-state index contributed by atoms with van der Waals surface area (Å²) < 4.78 is 49.9. The maximum Gasteiger partial charge on any atom is 0.243 e. The summed E-state index contributed by atoms with van der Waals surface area (Å²) in [6, 6.07) is 10.1. The number of imidazole rings is 1. The maximum absolute atomic E-state index is 13.5. The average Bonchev–Trinajstić information content (AvgIpc) is 3.46. The van der Waals surface area contributed by atoms with Gasteiger partial charge < -0.3 is 9.30 Å². The molecule has 0 spiro atoms. The summed E-state index contributed by atoms with van der Waals surface area (Å²) in [4.78, 5) is 5.16. The smallest absolute Gasteiger partial charge is 0.243 e. The molecule has 2 saturated heterocycles. The van der Waals surface area contributed by atoms with Gasteiger partial charge in [0.15, 0.2) is 5.16 Å². The zero-order valence-electron chi connectivity index (χ0n) is 20.2. The summed E-state index contributed by atoms with van der Waals surface area (Å²) in [5.74, 6) is 0.780. The maximum atomic E-state index is 13.5. The Kier molecular flexibility index (Phi) is 7.21. The first-order chi connectivity index (χ1) is 16.8. The monoisotopic (exact) mass is 517 g/mol. The lowest BCUT2D eigenvalue weighted by molar-refractivity contribution is 0.0960. The van der Waals surface area contributed by atoms with Gasteiger partial charge in [-0.25, -0.2) is 17.8 Å². The van der Waals surface area contributed by atoms with Crippen LogP contribution in [0.5, 0.6) is 0 Å². The topological polar surface area (TPSA) is 64.4 Å². The third-order valence-electron chi connectivity index (χ3n) is 7.01. The molecule has 3 heterocycles. The molecule has 2 aromatic carbocycles. The molecule has 5 rings (SSSR count). The van der Waals surface area contributed by atoms with Gasteiger partial charge in [-0.15, -0.1) is 0 Å². The fourth-order valence-corrected chi connectivity index (χ4v) is 7.72. The summed E-state index contributed by atoms with van der Waals surface area (Å²) in [5.41, 5.74) is 3.54. The second-order valence-corrected chi connectivity index (χ2v) is 12.6. The van der Waals surface area contributed by atoms with Crippen LogP contribution in [0.1, 0.15) is 43.7 Å². The Hall–Kier alpha value is -1.94. The van der Waals surface area contributed by atoms with E-state index in [1.165, 1.54) is 6.07 Å². The van der Waals surface area contributed by atoms with Crippen LogP contribution in [-0.2, 0) is 27.1 Å². The molecule has 0 radical (unpaired) electrons. The molecule has 2 atom stereocenters. The van der Waals surface area contributed by atoms with E-state index in [1.54, 1.807) is 34.3 Å². The molecule has 0 bridgehead atoms. The predicted octanol–water partition coefficient (Wildman–Crippen LogP) is 5.38. The number of sulfonamides is 1. The van der Waals surface area contributed by atoms with Gasteiger partial charge >= 0.3 is 0 Å². The van der Waals surface area contributed by atoms with Crippen molar-refractivity contribution in [1.82, 2.24) is 13.9 Å². The number of hydrogen-bond acceptors (Lipinski definition) is 5. The van der Waals surface area contributed by atoms with Crippen molar-refractivity contribution in [2.24, 2.45) is 5.92 Å². The lowest BCUT2D eigenvalue weighted by atomic mass is 10.0. The van der Waals surface area contributed by atoms with Gasteiger partial charge in [-0.2, -0.15) is 4.31 Å². The van der Waals surface area contributed by atoms with E-state index in [0.29, 0.717) is 41.7 Å². The number of aryl methyl sites for hydroxylation is 1. The molecule has 2 aliphatic rings. The molecule has 2 fully saturated rings. The van der Waals surface area contributed by atoms with Gasteiger partial charge in [0.05, 0.1) is 28.6 Å². The van der Waals surface area contributed by atoms with Crippen LogP contribution < -0.4 is 0 Å². The van der Waals surface area contributed by atoms with E-state index in [4.69, 9.17) is 9.72 Å². The normalized spacial score (nSPS) is 21.7. The lowest BCUT2D eigenvalue weighted by Gasteiger charge is -2.30. The van der Waals surface area contributed by atoms with Crippen molar-refractivity contribution >= 4 is 32.8 Å². The highest BCUT2D eigenvalue weighted by Crippen LogP contribution is 2.32. The number of thioether (sulfide) groups is 1. The molecule has 0 unspecified atom stereocenters. The second-order valence-electron chi connectivity index (χ2n) is 9.76. The first-order valence-electron chi connectivity index (χ1n) is 12.3. The summed E-state index contributed by atoms with van der Waals surface area (Å²) >= 11 is 1.58. The van der Waals surface area contributed by atoms with E-state index in [2.05, 4.69) is 11.5 Å². The minimum Gasteiger partial charge on any atom is -0.376 e. The Morgan fingerprint density at radius 2 is 2.03 bits per heavy atom. The number of benzene rings is 2. The van der Waals surface area contributed by atoms with E-state index >= 15 is 0 Å². The van der Waals surface area contributed by atoms with Crippen molar-refractivity contribution in [3.05, 3.63) is 53.3 Å². The Labute approximate surface area is 210 Å². The second kappa shape index (κ2) is 10.2. The quantitative estimate of drug-likeness (QED) is 0.394. The van der Waals surface area contributed by atoms with Crippen LogP contribution in [0.3, 0.4) is 0 Å². The van der Waals surface area contributed by atoms with Crippen LogP contribution in [0, 0.1) is 18.7 Å². The van der Waals surface area contributed by atoms with E-state index in [1.807, 2.05) is 19.1 Å². The van der Waals surface area contributed by atoms with Gasteiger partial charge in [-0.05, 0) is 80.0 Å². The van der Waals surface area contributed by atoms with Crippen molar-refractivity contribution < 1.29 is 17.5 Å². The van der Waals surface area contributed by atoms with Crippen LogP contribution in [0.4, 0.5) is 4.39 Å². The van der Waals surface area contributed by atoms with Gasteiger partial charge in [0.25, 0.3) is 0 Å². The van der Waals surface area contributed by atoms with E-state index in [-0.39, 0.29) is 11.9 Å². The van der Waals surface area contributed by atoms with Gasteiger partial charge in [-0.3, -0.25) is 0 Å². The Balaban J connectivity index is 1.47. The van der Waals surface area contributed by atoms with Crippen molar-refractivity contribution in [3.8, 4) is 0 Å². The van der Waals surface area contributed by atoms with Crippen LogP contribution in [0.2, 0.25) is 0 Å². The number of piperidine rings is 1. The summed E-state index contributed by atoms with van der Waals surface area (Å²) in [6.07, 6.45) is 4.12. The van der Waals surface area contributed by atoms with Gasteiger partial charge in [0.1, 0.15) is 5.82 Å². The molecule has 2 aliphatic heterocycles. The minimum absolute atomic E-state index is 0.123. The van der Waals surface area contributed by atoms with Gasteiger partial charge in [0.2, 0.25) is 10.0 Å². The zero-order valence-corrected chi connectivity index (χ0v) is 21.9. The highest BCUT2D eigenvalue weighted by molar-refractivity contribution is 7.98. The highest BCUT2D eigenvalue weighted by atomic mass is 32.2. The highest BCUT2D eigenvalue weighted by Gasteiger charge is 2.29. The fourth-order valence-electron chi connectivity index (χ4n) is 5.00. The number of aromatic nitrogens is 2. The fraction of sp³-hybridized carbons (Fsp3) is 0.500. The largest absolute Gasteiger partial charge is 0.376 e.